The number of nitrogens with one attached hydrogen (secondary N) is 2. The molecule has 0 spiro atoms. The van der Waals surface area contributed by atoms with Crippen LogP contribution in [0.1, 0.15) is 6.42 Å². The zero-order chi connectivity index (χ0) is 13.0. The van der Waals surface area contributed by atoms with Gasteiger partial charge in [0.2, 0.25) is 11.9 Å². The number of amides is 2. The second-order valence-corrected chi connectivity index (χ2v) is 4.62. The number of thioether (sulfide) groups is 1. The van der Waals surface area contributed by atoms with Crippen molar-refractivity contribution in [3.63, 3.8) is 0 Å². The monoisotopic (exact) mass is 271 g/mol. The molecule has 0 radical (unpaired) electrons. The number of methoxy groups -OCH3 is 1. The topological polar surface area (TPSA) is 100 Å². The number of rotatable bonds is 5. The lowest BCUT2D eigenvalue weighted by atomic mass is 10.3. The largest absolute Gasteiger partial charge is 0.466 e. The molecule has 0 bridgehead atoms. The van der Waals surface area contributed by atoms with Crippen LogP contribution in [0.4, 0.5) is 10.7 Å². The van der Waals surface area contributed by atoms with E-state index >= 15 is 0 Å². The van der Waals surface area contributed by atoms with Crippen molar-refractivity contribution >= 4 is 28.9 Å². The van der Waals surface area contributed by atoms with Crippen LogP contribution in [-0.2, 0) is 4.79 Å². The van der Waals surface area contributed by atoms with Gasteiger partial charge in [-0.1, -0.05) is 11.8 Å². The van der Waals surface area contributed by atoms with Gasteiger partial charge in [-0.15, -0.1) is 5.10 Å². The minimum absolute atomic E-state index is 0.0316. The number of aromatic amines is 1. The molecule has 8 nitrogen and oxygen atoms in total. The predicted molar refractivity (Wildman–Crippen MR) is 65.6 cm³/mol. The molecule has 9 heteroatoms. The fraction of sp³-hybridized carbons (Fsp3) is 0.556. The molecule has 1 aromatic rings. The van der Waals surface area contributed by atoms with E-state index in [-0.39, 0.29) is 29.5 Å². The molecule has 1 aliphatic heterocycles. The van der Waals surface area contributed by atoms with Crippen LogP contribution in [0.2, 0.25) is 0 Å². The van der Waals surface area contributed by atoms with E-state index in [4.69, 9.17) is 4.74 Å². The Hall–Kier alpha value is -1.77. The fourth-order valence-corrected chi connectivity index (χ4v) is 2.30. The van der Waals surface area contributed by atoms with Gasteiger partial charge < -0.3 is 9.64 Å². The lowest BCUT2D eigenvalue weighted by Crippen LogP contribution is -2.27. The number of aromatic nitrogens is 3. The number of hydrogen-bond donors (Lipinski definition) is 2. The van der Waals surface area contributed by atoms with Crippen molar-refractivity contribution in [1.82, 2.24) is 20.1 Å². The molecule has 0 saturated carbocycles. The standard InChI is InChI=1S/C9H13N5O3S/c1-17-8-11-7(12-13-8)10-6(15)2-3-14-4-5-18-9(14)16/h2-5H2,1H3,(H2,10,11,12,13,15). The summed E-state index contributed by atoms with van der Waals surface area (Å²) in [5.41, 5.74) is 0. The van der Waals surface area contributed by atoms with Crippen molar-refractivity contribution in [2.45, 2.75) is 6.42 Å². The number of anilines is 1. The van der Waals surface area contributed by atoms with Crippen LogP contribution in [0.5, 0.6) is 6.01 Å². The van der Waals surface area contributed by atoms with Gasteiger partial charge >= 0.3 is 6.01 Å². The van der Waals surface area contributed by atoms with E-state index in [1.165, 1.54) is 18.9 Å². The van der Waals surface area contributed by atoms with Crippen LogP contribution in [0.25, 0.3) is 0 Å². The lowest BCUT2D eigenvalue weighted by molar-refractivity contribution is -0.116. The molecule has 1 aromatic heterocycles. The van der Waals surface area contributed by atoms with Crippen LogP contribution in [0, 0.1) is 0 Å². The molecule has 2 N–H and O–H groups in total. The Balaban J connectivity index is 1.76. The van der Waals surface area contributed by atoms with Gasteiger partial charge in [0, 0.05) is 25.3 Å². The molecular weight excluding hydrogens is 258 g/mol. The number of nitrogens with zero attached hydrogens (tertiary/aromatic N) is 3. The smallest absolute Gasteiger partial charge is 0.336 e. The first kappa shape index (κ1) is 12.7. The third-order valence-corrected chi connectivity index (χ3v) is 3.25. The van der Waals surface area contributed by atoms with Gasteiger partial charge in [0.05, 0.1) is 7.11 Å². The van der Waals surface area contributed by atoms with Gasteiger partial charge in [0.25, 0.3) is 5.24 Å². The normalized spacial score (nSPS) is 14.9. The van der Waals surface area contributed by atoms with Crippen molar-refractivity contribution in [2.75, 3.05) is 31.3 Å². The first-order valence-corrected chi connectivity index (χ1v) is 6.35. The van der Waals surface area contributed by atoms with E-state index in [0.717, 1.165) is 5.75 Å². The van der Waals surface area contributed by atoms with E-state index in [9.17, 15) is 9.59 Å². The number of H-pyrrole nitrogens is 1. The highest BCUT2D eigenvalue weighted by atomic mass is 32.2. The molecule has 98 valence electrons. The van der Waals surface area contributed by atoms with Crippen molar-refractivity contribution in [3.05, 3.63) is 0 Å². The van der Waals surface area contributed by atoms with E-state index in [0.29, 0.717) is 13.1 Å². The minimum Gasteiger partial charge on any atom is -0.466 e. The summed E-state index contributed by atoms with van der Waals surface area (Å²) >= 11 is 1.28. The molecule has 2 rings (SSSR count). The molecule has 0 aromatic carbocycles. The SMILES string of the molecule is COc1n[nH]c(NC(=O)CCN2CCSC2=O)n1. The van der Waals surface area contributed by atoms with Gasteiger partial charge in [0.1, 0.15) is 0 Å². The molecule has 2 heterocycles. The Kier molecular flexibility index (Phi) is 4.03. The van der Waals surface area contributed by atoms with Gasteiger partial charge in [0.15, 0.2) is 0 Å². The van der Waals surface area contributed by atoms with Crippen molar-refractivity contribution in [1.29, 1.82) is 0 Å². The molecule has 2 amide bonds. The summed E-state index contributed by atoms with van der Waals surface area (Å²) in [6.07, 6.45) is 0.231. The predicted octanol–water partition coefficient (Wildman–Crippen LogP) is 0.311. The van der Waals surface area contributed by atoms with E-state index < -0.39 is 0 Å². The average Bonchev–Trinajstić information content (AvgIpc) is 2.96. The number of hydrogen-bond acceptors (Lipinski definition) is 6. The van der Waals surface area contributed by atoms with E-state index in [1.807, 2.05) is 0 Å². The number of carbonyl (C=O) groups is 2. The highest BCUT2D eigenvalue weighted by molar-refractivity contribution is 8.13. The maximum Gasteiger partial charge on any atom is 0.336 e. The van der Waals surface area contributed by atoms with Crippen LogP contribution in [0.15, 0.2) is 0 Å². The highest BCUT2D eigenvalue weighted by Crippen LogP contribution is 2.17. The molecule has 18 heavy (non-hydrogen) atoms. The molecule has 1 saturated heterocycles. The molecule has 0 aliphatic carbocycles. The van der Waals surface area contributed by atoms with Crippen LogP contribution < -0.4 is 10.1 Å². The van der Waals surface area contributed by atoms with Gasteiger partial charge in [-0.3, -0.25) is 14.9 Å². The summed E-state index contributed by atoms with van der Waals surface area (Å²) in [5.74, 6) is 0.803. The molecular formula is C9H13N5O3S. The van der Waals surface area contributed by atoms with Crippen LogP contribution >= 0.6 is 11.8 Å². The quantitative estimate of drug-likeness (QED) is 0.799. The first-order valence-electron chi connectivity index (χ1n) is 5.37. The Morgan fingerprint density at radius 3 is 3.11 bits per heavy atom. The molecule has 0 unspecified atom stereocenters. The average molecular weight is 271 g/mol. The number of ether oxygens (including phenoxy) is 1. The third-order valence-electron chi connectivity index (χ3n) is 2.36. The summed E-state index contributed by atoms with van der Waals surface area (Å²) in [6.45, 7) is 1.12. The first-order chi connectivity index (χ1) is 8.69. The summed E-state index contributed by atoms with van der Waals surface area (Å²) < 4.78 is 4.77. The second-order valence-electron chi connectivity index (χ2n) is 3.57. The Morgan fingerprint density at radius 2 is 2.50 bits per heavy atom. The van der Waals surface area contributed by atoms with Crippen molar-refractivity contribution < 1.29 is 14.3 Å². The van der Waals surface area contributed by atoms with Crippen molar-refractivity contribution in [3.8, 4) is 6.01 Å². The van der Waals surface area contributed by atoms with Gasteiger partial charge in [-0.05, 0) is 0 Å². The lowest BCUT2D eigenvalue weighted by Gasteiger charge is -2.13. The highest BCUT2D eigenvalue weighted by Gasteiger charge is 2.21. The molecule has 1 fully saturated rings. The Labute approximate surface area is 107 Å². The maximum atomic E-state index is 11.6. The Bertz CT molecular complexity index is 449. The summed E-state index contributed by atoms with van der Waals surface area (Å²) in [5, 5.41) is 8.79. The summed E-state index contributed by atoms with van der Waals surface area (Å²) in [7, 11) is 1.44. The Morgan fingerprint density at radius 1 is 1.67 bits per heavy atom. The zero-order valence-corrected chi connectivity index (χ0v) is 10.6. The minimum atomic E-state index is -0.224. The van der Waals surface area contributed by atoms with E-state index in [1.54, 1.807) is 4.90 Å². The zero-order valence-electron chi connectivity index (χ0n) is 9.80. The fourth-order valence-electron chi connectivity index (χ4n) is 1.45. The van der Waals surface area contributed by atoms with E-state index in [2.05, 4.69) is 20.5 Å². The van der Waals surface area contributed by atoms with Gasteiger partial charge in [-0.25, -0.2) is 5.10 Å². The summed E-state index contributed by atoms with van der Waals surface area (Å²) in [4.78, 5) is 28.4. The van der Waals surface area contributed by atoms with Gasteiger partial charge in [-0.2, -0.15) is 4.98 Å². The molecule has 0 atom stereocenters. The molecule has 1 aliphatic rings. The maximum absolute atomic E-state index is 11.6. The van der Waals surface area contributed by atoms with Crippen LogP contribution in [0.3, 0.4) is 0 Å². The van der Waals surface area contributed by atoms with Crippen molar-refractivity contribution in [2.24, 2.45) is 0 Å². The van der Waals surface area contributed by atoms with Crippen LogP contribution in [-0.4, -0.2) is 57.2 Å². The second kappa shape index (κ2) is 5.71. The number of carbonyl (C=O) groups excluding carboxylic acids is 2. The third kappa shape index (κ3) is 3.13. The summed E-state index contributed by atoms with van der Waals surface area (Å²) in [6, 6.07) is 0.163.